The molecule has 142 valence electrons. The Kier molecular flexibility index (Phi) is 5.72. The van der Waals surface area contributed by atoms with Crippen LogP contribution in [0.2, 0.25) is 10.0 Å². The lowest BCUT2D eigenvalue weighted by molar-refractivity contribution is -0.124. The highest BCUT2D eigenvalue weighted by atomic mass is 35.5. The van der Waals surface area contributed by atoms with Gasteiger partial charge in [-0.25, -0.2) is 0 Å². The van der Waals surface area contributed by atoms with Crippen LogP contribution in [-0.2, 0) is 17.8 Å². The van der Waals surface area contributed by atoms with Crippen molar-refractivity contribution in [3.63, 3.8) is 0 Å². The number of anilines is 1. The second-order valence-electron chi connectivity index (χ2n) is 7.50. The highest BCUT2D eigenvalue weighted by Crippen LogP contribution is 2.31. The molecule has 0 radical (unpaired) electrons. The van der Waals surface area contributed by atoms with Crippen molar-refractivity contribution in [2.45, 2.75) is 32.2 Å². The van der Waals surface area contributed by atoms with Crippen molar-refractivity contribution >= 4 is 34.8 Å². The van der Waals surface area contributed by atoms with Crippen LogP contribution < -0.4 is 4.90 Å². The first-order chi connectivity index (χ1) is 13.1. The number of benzene rings is 2. The molecule has 4 rings (SSSR count). The smallest absolute Gasteiger partial charge is 0.231 e. The molecule has 0 saturated carbocycles. The van der Waals surface area contributed by atoms with Crippen LogP contribution in [0.5, 0.6) is 0 Å². The summed E-state index contributed by atoms with van der Waals surface area (Å²) in [5.41, 5.74) is 3.34. The van der Waals surface area contributed by atoms with E-state index in [-0.39, 0.29) is 11.8 Å². The fourth-order valence-corrected chi connectivity index (χ4v) is 4.81. The van der Waals surface area contributed by atoms with E-state index in [1.165, 1.54) is 5.56 Å². The summed E-state index contributed by atoms with van der Waals surface area (Å²) < 4.78 is 0. The van der Waals surface area contributed by atoms with Gasteiger partial charge >= 0.3 is 0 Å². The zero-order valence-electron chi connectivity index (χ0n) is 15.3. The van der Waals surface area contributed by atoms with Gasteiger partial charge in [0.25, 0.3) is 0 Å². The number of carbonyl (C=O) groups is 1. The van der Waals surface area contributed by atoms with Crippen LogP contribution in [0.25, 0.3) is 0 Å². The Bertz CT molecular complexity index is 819. The molecule has 0 aliphatic carbocycles. The van der Waals surface area contributed by atoms with E-state index >= 15 is 0 Å². The van der Waals surface area contributed by atoms with Crippen LogP contribution in [0, 0.1) is 5.92 Å². The van der Waals surface area contributed by atoms with Crippen molar-refractivity contribution in [1.29, 1.82) is 0 Å². The number of piperidine rings is 1. The third kappa shape index (κ3) is 4.01. The first kappa shape index (κ1) is 18.8. The third-order valence-electron chi connectivity index (χ3n) is 5.67. The minimum atomic E-state index is 0.0335. The minimum Gasteiger partial charge on any atom is -0.312 e. The number of carbonyl (C=O) groups excluding carboxylic acids is 1. The van der Waals surface area contributed by atoms with Gasteiger partial charge in [0.2, 0.25) is 5.91 Å². The lowest BCUT2D eigenvalue weighted by atomic mass is 9.93. The minimum absolute atomic E-state index is 0.0335. The van der Waals surface area contributed by atoms with Gasteiger partial charge in [-0.3, -0.25) is 9.69 Å². The SMILES string of the molecule is O=C(C1CCCN(Cc2c(Cl)cccc2Cl)C1)N1CCCc2ccccc21. The van der Waals surface area contributed by atoms with Crippen LogP contribution in [0.15, 0.2) is 42.5 Å². The Morgan fingerprint density at radius 1 is 1.00 bits per heavy atom. The number of halogens is 2. The fraction of sp³-hybridized carbons (Fsp3) is 0.409. The number of fused-ring (bicyclic) bond motifs is 1. The van der Waals surface area contributed by atoms with Gasteiger partial charge in [0.15, 0.2) is 0 Å². The molecule has 27 heavy (non-hydrogen) atoms. The van der Waals surface area contributed by atoms with Crippen LogP contribution in [0.4, 0.5) is 5.69 Å². The molecule has 0 bridgehead atoms. The molecule has 2 aromatic rings. The van der Waals surface area contributed by atoms with Gasteiger partial charge in [-0.15, -0.1) is 0 Å². The van der Waals surface area contributed by atoms with Crippen molar-refractivity contribution in [2.24, 2.45) is 5.92 Å². The molecule has 0 spiro atoms. The maximum atomic E-state index is 13.3. The summed E-state index contributed by atoms with van der Waals surface area (Å²) in [4.78, 5) is 17.6. The van der Waals surface area contributed by atoms with Gasteiger partial charge < -0.3 is 4.90 Å². The van der Waals surface area contributed by atoms with E-state index in [1.54, 1.807) is 0 Å². The van der Waals surface area contributed by atoms with E-state index in [2.05, 4.69) is 23.1 Å². The summed E-state index contributed by atoms with van der Waals surface area (Å²) >= 11 is 12.7. The van der Waals surface area contributed by atoms with Crippen LogP contribution in [0.3, 0.4) is 0 Å². The van der Waals surface area contributed by atoms with Crippen LogP contribution in [-0.4, -0.2) is 30.4 Å². The van der Waals surface area contributed by atoms with E-state index in [0.717, 1.165) is 56.6 Å². The van der Waals surface area contributed by atoms with Crippen molar-refractivity contribution in [1.82, 2.24) is 4.90 Å². The van der Waals surface area contributed by atoms with Gasteiger partial charge in [0, 0.05) is 40.9 Å². The highest BCUT2D eigenvalue weighted by Gasteiger charge is 2.32. The molecule has 1 saturated heterocycles. The lowest BCUT2D eigenvalue weighted by Crippen LogP contribution is -2.46. The van der Waals surface area contributed by atoms with E-state index in [4.69, 9.17) is 23.2 Å². The maximum absolute atomic E-state index is 13.3. The first-order valence-corrected chi connectivity index (χ1v) is 10.4. The predicted octanol–water partition coefficient (Wildman–Crippen LogP) is 5.18. The predicted molar refractivity (Wildman–Crippen MR) is 112 cm³/mol. The molecular weight excluding hydrogens is 379 g/mol. The summed E-state index contributed by atoms with van der Waals surface area (Å²) in [5, 5.41) is 1.39. The Labute approximate surface area is 170 Å². The summed E-state index contributed by atoms with van der Waals surface area (Å²) in [6.45, 7) is 3.25. The summed E-state index contributed by atoms with van der Waals surface area (Å²) in [6, 6.07) is 13.9. The molecule has 2 aromatic carbocycles. The van der Waals surface area contributed by atoms with Crippen molar-refractivity contribution in [2.75, 3.05) is 24.5 Å². The van der Waals surface area contributed by atoms with Gasteiger partial charge in [-0.1, -0.05) is 47.5 Å². The molecule has 1 fully saturated rings. The molecule has 0 aromatic heterocycles. The van der Waals surface area contributed by atoms with Gasteiger partial charge in [-0.05, 0) is 56.0 Å². The van der Waals surface area contributed by atoms with Gasteiger partial charge in [-0.2, -0.15) is 0 Å². The average molecular weight is 403 g/mol. The summed E-state index contributed by atoms with van der Waals surface area (Å²) in [7, 11) is 0. The van der Waals surface area contributed by atoms with Crippen LogP contribution >= 0.6 is 23.2 Å². The molecule has 1 atom stereocenters. The number of para-hydroxylation sites is 1. The zero-order valence-corrected chi connectivity index (χ0v) is 16.8. The average Bonchev–Trinajstić information content (AvgIpc) is 2.70. The molecule has 1 unspecified atom stereocenters. The quantitative estimate of drug-likeness (QED) is 0.705. The second kappa shape index (κ2) is 8.22. The molecular formula is C22H24Cl2N2O. The number of amides is 1. The number of hydrogen-bond acceptors (Lipinski definition) is 2. The van der Waals surface area contributed by atoms with E-state index in [0.29, 0.717) is 16.6 Å². The molecule has 3 nitrogen and oxygen atoms in total. The molecule has 2 heterocycles. The first-order valence-electron chi connectivity index (χ1n) is 9.68. The Morgan fingerprint density at radius 2 is 1.78 bits per heavy atom. The Morgan fingerprint density at radius 3 is 2.59 bits per heavy atom. The number of aryl methyl sites for hydroxylation is 1. The molecule has 0 N–H and O–H groups in total. The Hall–Kier alpha value is -1.55. The van der Waals surface area contributed by atoms with Gasteiger partial charge in [0.1, 0.15) is 0 Å². The maximum Gasteiger partial charge on any atom is 0.231 e. The standard InChI is InChI=1S/C22H24Cl2N2O/c23-19-9-3-10-20(24)18(19)15-25-12-4-8-17(14-25)22(27)26-13-5-7-16-6-1-2-11-21(16)26/h1-3,6,9-11,17H,4-5,7-8,12-15H2. The monoisotopic (exact) mass is 402 g/mol. The van der Waals surface area contributed by atoms with E-state index in [9.17, 15) is 4.79 Å². The topological polar surface area (TPSA) is 23.6 Å². The van der Waals surface area contributed by atoms with Crippen molar-refractivity contribution in [3.8, 4) is 0 Å². The summed E-state index contributed by atoms with van der Waals surface area (Å²) in [6.07, 6.45) is 4.06. The number of nitrogens with zero attached hydrogens (tertiary/aromatic N) is 2. The van der Waals surface area contributed by atoms with Crippen LogP contribution in [0.1, 0.15) is 30.4 Å². The zero-order chi connectivity index (χ0) is 18.8. The second-order valence-corrected chi connectivity index (χ2v) is 8.31. The molecule has 1 amide bonds. The molecule has 2 aliphatic rings. The van der Waals surface area contributed by atoms with E-state index < -0.39 is 0 Å². The largest absolute Gasteiger partial charge is 0.312 e. The van der Waals surface area contributed by atoms with Crippen molar-refractivity contribution in [3.05, 3.63) is 63.6 Å². The lowest BCUT2D eigenvalue weighted by Gasteiger charge is -2.37. The normalized spacial score (nSPS) is 20.4. The van der Waals surface area contributed by atoms with Crippen molar-refractivity contribution < 1.29 is 4.79 Å². The number of rotatable bonds is 3. The highest BCUT2D eigenvalue weighted by molar-refractivity contribution is 6.35. The Balaban J connectivity index is 1.48. The molecule has 5 heteroatoms. The third-order valence-corrected chi connectivity index (χ3v) is 6.38. The fourth-order valence-electron chi connectivity index (χ4n) is 4.29. The number of hydrogen-bond donors (Lipinski definition) is 0. The van der Waals surface area contributed by atoms with Gasteiger partial charge in [0.05, 0.1) is 5.92 Å². The summed E-state index contributed by atoms with van der Waals surface area (Å²) in [5.74, 6) is 0.295. The number of likely N-dealkylation sites (tertiary alicyclic amines) is 1. The van der Waals surface area contributed by atoms with E-state index in [1.807, 2.05) is 29.2 Å². The molecule has 2 aliphatic heterocycles.